The second-order valence-corrected chi connectivity index (χ2v) is 7.11. The van der Waals surface area contributed by atoms with Gasteiger partial charge in [0.15, 0.2) is 0 Å². The Labute approximate surface area is 144 Å². The minimum absolute atomic E-state index is 0.0971. The van der Waals surface area contributed by atoms with Crippen LogP contribution in [0.1, 0.15) is 0 Å². The topological polar surface area (TPSA) is 156 Å². The van der Waals surface area contributed by atoms with E-state index in [2.05, 4.69) is 20.8 Å². The second kappa shape index (κ2) is 6.07. The van der Waals surface area contributed by atoms with Crippen molar-refractivity contribution in [2.24, 2.45) is 12.8 Å². The first kappa shape index (κ1) is 16.7. The molecule has 2 atom stereocenters. The molecule has 24 heavy (non-hydrogen) atoms. The van der Waals surface area contributed by atoms with Crippen LogP contribution in [0.25, 0.3) is 0 Å². The number of nitrogens with two attached hydrogens (primary N) is 1. The molecule has 128 valence electrons. The van der Waals surface area contributed by atoms with Crippen LogP contribution in [0.2, 0.25) is 0 Å². The Morgan fingerprint density at radius 1 is 1.67 bits per heavy atom. The minimum atomic E-state index is -1.57. The molecule has 0 aliphatic carbocycles. The fourth-order valence-electron chi connectivity index (χ4n) is 2.48. The van der Waals surface area contributed by atoms with Crippen LogP contribution in [0.5, 0.6) is 0 Å². The molecule has 2 aliphatic heterocycles. The van der Waals surface area contributed by atoms with E-state index in [1.165, 1.54) is 28.2 Å². The van der Waals surface area contributed by atoms with E-state index < -0.39 is 22.9 Å². The summed E-state index contributed by atoms with van der Waals surface area (Å²) < 4.78 is 1.47. The van der Waals surface area contributed by atoms with E-state index >= 15 is 0 Å². The van der Waals surface area contributed by atoms with Crippen LogP contribution in [-0.4, -0.2) is 71.0 Å². The van der Waals surface area contributed by atoms with Gasteiger partial charge in [-0.2, -0.15) is 0 Å². The fraction of sp³-hybridized carbons (Fsp3) is 0.455. The Morgan fingerprint density at radius 2 is 2.42 bits per heavy atom. The highest BCUT2D eigenvalue weighted by Gasteiger charge is 2.62. The predicted molar refractivity (Wildman–Crippen MR) is 83.4 cm³/mol. The van der Waals surface area contributed by atoms with E-state index in [4.69, 9.17) is 5.73 Å². The smallest absolute Gasteiger partial charge is 0.352 e. The summed E-state index contributed by atoms with van der Waals surface area (Å²) in [4.78, 5) is 35.7. The first-order valence-electron chi connectivity index (χ1n) is 6.66. The number of carboxylic acids is 1. The Balaban J connectivity index is 1.85. The van der Waals surface area contributed by atoms with Crippen LogP contribution in [0.3, 0.4) is 0 Å². The number of rotatable bonds is 6. The van der Waals surface area contributed by atoms with Gasteiger partial charge in [0.25, 0.3) is 5.91 Å². The third-order valence-corrected chi connectivity index (χ3v) is 6.16. The zero-order valence-electron chi connectivity index (χ0n) is 12.4. The van der Waals surface area contributed by atoms with Crippen molar-refractivity contribution >= 4 is 41.8 Å². The monoisotopic (exact) mass is 371 g/mol. The number of carbonyl (C=O) groups is 3. The maximum Gasteiger partial charge on any atom is 0.352 e. The molecule has 4 N–H and O–H groups in total. The zero-order chi connectivity index (χ0) is 17.5. The second-order valence-electron chi connectivity index (χ2n) is 5.10. The number of aromatic nitrogens is 4. The predicted octanol–water partition coefficient (Wildman–Crippen LogP) is -2.04. The van der Waals surface area contributed by atoms with Crippen molar-refractivity contribution in [2.75, 3.05) is 11.5 Å². The molecule has 3 heterocycles. The molecule has 0 spiro atoms. The van der Waals surface area contributed by atoms with Crippen molar-refractivity contribution in [3.63, 3.8) is 0 Å². The standard InChI is InChI=1S/C11H13N7O4S2/c1-17-10(14-15-16-17)24-3-5-2-23-9-11(12,13-4-19)8(22)18(9)6(5)7(20)21/h4,9H,2-3,12H2,1H3,(H,13,19)(H,20,21)/t9-,11+/m1/s1. The number of aryl methyl sites for hydroxylation is 1. The Kier molecular flexibility index (Phi) is 4.23. The van der Waals surface area contributed by atoms with Crippen molar-refractivity contribution < 1.29 is 19.5 Å². The van der Waals surface area contributed by atoms with E-state index in [0.717, 1.165) is 4.90 Å². The Hall–Kier alpha value is -2.12. The SMILES string of the molecule is Cn1nnnc1SCC1=C(C(=O)O)N2C(=O)[C@](N)(NC=O)[C@H]2SC1. The van der Waals surface area contributed by atoms with Gasteiger partial charge in [0, 0.05) is 18.6 Å². The molecule has 1 aromatic rings. The lowest BCUT2D eigenvalue weighted by Crippen LogP contribution is -2.83. The van der Waals surface area contributed by atoms with Crippen molar-refractivity contribution in [3.8, 4) is 0 Å². The molecule has 3 rings (SSSR count). The summed E-state index contributed by atoms with van der Waals surface area (Å²) in [6.45, 7) is 0. The molecule has 13 heteroatoms. The molecule has 0 aromatic carbocycles. The van der Waals surface area contributed by atoms with Gasteiger partial charge in [-0.05, 0) is 16.0 Å². The van der Waals surface area contributed by atoms with Crippen molar-refractivity contribution in [1.29, 1.82) is 0 Å². The zero-order valence-corrected chi connectivity index (χ0v) is 14.0. The molecular weight excluding hydrogens is 358 g/mol. The molecule has 1 fully saturated rings. The van der Waals surface area contributed by atoms with Gasteiger partial charge in [-0.25, -0.2) is 9.48 Å². The van der Waals surface area contributed by atoms with Crippen molar-refractivity contribution in [3.05, 3.63) is 11.3 Å². The first-order valence-corrected chi connectivity index (χ1v) is 8.69. The number of hydrogen-bond acceptors (Lipinski definition) is 9. The van der Waals surface area contributed by atoms with Crippen LogP contribution >= 0.6 is 23.5 Å². The van der Waals surface area contributed by atoms with E-state index in [-0.39, 0.29) is 5.70 Å². The number of carboxylic acid groups (broad SMARTS) is 1. The van der Waals surface area contributed by atoms with Gasteiger partial charge in [0.05, 0.1) is 0 Å². The van der Waals surface area contributed by atoms with Gasteiger partial charge >= 0.3 is 5.97 Å². The summed E-state index contributed by atoms with van der Waals surface area (Å²) in [7, 11) is 1.67. The normalized spacial score (nSPS) is 26.0. The number of β-lactam (4-membered cyclic amide) rings is 1. The third-order valence-electron chi connectivity index (χ3n) is 3.65. The molecule has 2 aliphatic rings. The number of amides is 2. The average molecular weight is 371 g/mol. The molecule has 0 bridgehead atoms. The maximum absolute atomic E-state index is 12.3. The van der Waals surface area contributed by atoms with Crippen molar-refractivity contribution in [2.45, 2.75) is 16.2 Å². The van der Waals surface area contributed by atoms with Gasteiger partial charge in [0.2, 0.25) is 17.2 Å². The summed E-state index contributed by atoms with van der Waals surface area (Å²) >= 11 is 2.57. The summed E-state index contributed by atoms with van der Waals surface area (Å²) in [5.74, 6) is -1.17. The van der Waals surface area contributed by atoms with E-state index in [1.807, 2.05) is 0 Å². The van der Waals surface area contributed by atoms with Gasteiger partial charge in [-0.1, -0.05) is 11.8 Å². The van der Waals surface area contributed by atoms with Crippen LogP contribution in [-0.2, 0) is 21.4 Å². The summed E-state index contributed by atoms with van der Waals surface area (Å²) in [6.07, 6.45) is 0.340. The van der Waals surface area contributed by atoms with E-state index in [9.17, 15) is 19.5 Å². The lowest BCUT2D eigenvalue weighted by molar-refractivity contribution is -0.157. The van der Waals surface area contributed by atoms with Gasteiger partial charge in [-0.15, -0.1) is 16.9 Å². The molecule has 0 unspecified atom stereocenters. The highest BCUT2D eigenvalue weighted by molar-refractivity contribution is 8.01. The summed E-state index contributed by atoms with van der Waals surface area (Å²) in [5, 5.41) is 22.7. The number of tetrazole rings is 1. The third kappa shape index (κ3) is 2.44. The molecule has 0 saturated carbocycles. The number of thioether (sulfide) groups is 2. The number of nitrogens with zero attached hydrogens (tertiary/aromatic N) is 5. The molecule has 1 saturated heterocycles. The number of fused-ring (bicyclic) bond motifs is 1. The molecule has 11 nitrogen and oxygen atoms in total. The number of carbonyl (C=O) groups excluding carboxylic acids is 2. The fourth-order valence-corrected chi connectivity index (χ4v) is 4.85. The molecule has 2 amide bonds. The van der Waals surface area contributed by atoms with E-state index in [1.54, 1.807) is 7.05 Å². The van der Waals surface area contributed by atoms with Crippen LogP contribution < -0.4 is 11.1 Å². The lowest BCUT2D eigenvalue weighted by atomic mass is 9.97. The summed E-state index contributed by atoms with van der Waals surface area (Å²) in [6, 6.07) is 0. The van der Waals surface area contributed by atoms with E-state index in [0.29, 0.717) is 28.6 Å². The minimum Gasteiger partial charge on any atom is -0.477 e. The van der Waals surface area contributed by atoms with Gasteiger partial charge < -0.3 is 10.4 Å². The molecule has 1 aromatic heterocycles. The van der Waals surface area contributed by atoms with Gasteiger partial charge in [-0.3, -0.25) is 20.2 Å². The number of nitrogens with one attached hydrogen (secondary N) is 1. The molecular formula is C11H13N7O4S2. The average Bonchev–Trinajstić information content (AvgIpc) is 2.96. The number of hydrogen-bond donors (Lipinski definition) is 3. The Bertz CT molecular complexity index is 750. The number of aliphatic carboxylic acids is 1. The first-order chi connectivity index (χ1) is 11.4. The van der Waals surface area contributed by atoms with Gasteiger partial charge in [0.1, 0.15) is 11.1 Å². The van der Waals surface area contributed by atoms with Crippen LogP contribution in [0.15, 0.2) is 16.4 Å². The Morgan fingerprint density at radius 3 is 3.00 bits per heavy atom. The highest BCUT2D eigenvalue weighted by atomic mass is 32.2. The highest BCUT2D eigenvalue weighted by Crippen LogP contribution is 2.44. The van der Waals surface area contributed by atoms with Crippen LogP contribution in [0.4, 0.5) is 0 Å². The summed E-state index contributed by atoms with van der Waals surface area (Å²) in [5.41, 5.74) is 4.79. The van der Waals surface area contributed by atoms with Crippen molar-refractivity contribution in [1.82, 2.24) is 30.4 Å². The molecule has 0 radical (unpaired) electrons. The van der Waals surface area contributed by atoms with Crippen LogP contribution in [0, 0.1) is 0 Å². The largest absolute Gasteiger partial charge is 0.477 e. The lowest BCUT2D eigenvalue weighted by Gasteiger charge is -2.54. The quantitative estimate of drug-likeness (QED) is 0.220. The maximum atomic E-state index is 12.3.